The topological polar surface area (TPSA) is 93.4 Å². The number of aromatic nitrogens is 2. The van der Waals surface area contributed by atoms with Crippen molar-refractivity contribution in [1.82, 2.24) is 9.78 Å². The summed E-state index contributed by atoms with van der Waals surface area (Å²) >= 11 is 0. The summed E-state index contributed by atoms with van der Waals surface area (Å²) in [6.45, 7) is 1.73. The second-order valence-electron chi connectivity index (χ2n) is 9.54. The van der Waals surface area contributed by atoms with Gasteiger partial charge in [-0.1, -0.05) is 6.07 Å². The average Bonchev–Trinajstić information content (AvgIpc) is 3.43. The van der Waals surface area contributed by atoms with Crippen molar-refractivity contribution in [2.75, 3.05) is 5.32 Å². The zero-order valence-corrected chi connectivity index (χ0v) is 19.7. The highest BCUT2D eigenvalue weighted by Gasteiger charge is 2.53. The zero-order chi connectivity index (χ0) is 26.5. The van der Waals surface area contributed by atoms with Gasteiger partial charge in [0.1, 0.15) is 11.6 Å². The predicted molar refractivity (Wildman–Crippen MR) is 125 cm³/mol. The van der Waals surface area contributed by atoms with Crippen molar-refractivity contribution in [1.29, 1.82) is 0 Å². The highest BCUT2D eigenvalue weighted by atomic mass is 19.4. The summed E-state index contributed by atoms with van der Waals surface area (Å²) in [4.78, 5) is 25.3. The summed E-state index contributed by atoms with van der Waals surface area (Å²) in [6.07, 6.45) is 2.24. The van der Waals surface area contributed by atoms with Crippen LogP contribution in [0.25, 0.3) is 11.1 Å². The first kappa shape index (κ1) is 24.8. The third-order valence-electron chi connectivity index (χ3n) is 7.04. The number of aromatic carboxylic acids is 1. The highest BCUT2D eigenvalue weighted by Crippen LogP contribution is 2.50. The van der Waals surface area contributed by atoms with Crippen LogP contribution in [0, 0.1) is 12.7 Å². The molecule has 0 bridgehead atoms. The molecule has 1 heterocycles. The minimum absolute atomic E-state index is 0.0202. The molecule has 0 radical (unpaired) electrons. The number of rotatable bonds is 7. The molecule has 5 rings (SSSR count). The molecule has 2 fully saturated rings. The molecule has 2 aliphatic carbocycles. The molecule has 2 saturated carbocycles. The van der Waals surface area contributed by atoms with Crippen molar-refractivity contribution in [3.63, 3.8) is 0 Å². The van der Waals surface area contributed by atoms with Crippen molar-refractivity contribution in [2.45, 2.75) is 56.8 Å². The van der Waals surface area contributed by atoms with Gasteiger partial charge in [-0.25, -0.2) is 9.18 Å². The number of carbonyl (C=O) groups excluding carboxylic acids is 1. The van der Waals surface area contributed by atoms with E-state index in [0.717, 1.165) is 31.4 Å². The Kier molecular flexibility index (Phi) is 5.96. The maximum atomic E-state index is 14.7. The molecule has 2 aromatic carbocycles. The van der Waals surface area contributed by atoms with Crippen LogP contribution in [0.4, 0.5) is 23.2 Å². The molecule has 7 nitrogen and oxygen atoms in total. The summed E-state index contributed by atoms with van der Waals surface area (Å²) in [6, 6.07) is 5.96. The SMILES string of the molecule is Cc1cc(NC(=O)C2(c3ccc(OC(F)(F)F)cc3F)CC2)cc(C(=O)O)c1-c1cnn(C2CCC2)c1. The fourth-order valence-electron chi connectivity index (χ4n) is 4.80. The van der Waals surface area contributed by atoms with Gasteiger partial charge in [-0.3, -0.25) is 9.48 Å². The number of benzene rings is 2. The predicted octanol–water partition coefficient (Wildman–Crippen LogP) is 5.99. The molecule has 11 heteroatoms. The first-order chi connectivity index (χ1) is 17.5. The Morgan fingerprint density at radius 1 is 1.19 bits per heavy atom. The van der Waals surface area contributed by atoms with Crippen molar-refractivity contribution in [3.8, 4) is 16.9 Å². The van der Waals surface area contributed by atoms with E-state index in [1.807, 2.05) is 10.9 Å². The number of hydrogen-bond donors (Lipinski definition) is 2. The molecule has 0 aliphatic heterocycles. The number of aryl methyl sites for hydroxylation is 1. The number of hydrogen-bond acceptors (Lipinski definition) is 4. The number of alkyl halides is 3. The van der Waals surface area contributed by atoms with Crippen LogP contribution in [0.5, 0.6) is 5.75 Å². The quantitative estimate of drug-likeness (QED) is 0.376. The summed E-state index contributed by atoms with van der Waals surface area (Å²) in [5.41, 5.74) is 0.639. The number of nitrogens with one attached hydrogen (secondary N) is 1. The fourth-order valence-corrected chi connectivity index (χ4v) is 4.80. The number of amides is 1. The lowest BCUT2D eigenvalue weighted by molar-refractivity contribution is -0.274. The van der Waals surface area contributed by atoms with Gasteiger partial charge in [0.2, 0.25) is 5.91 Å². The van der Waals surface area contributed by atoms with Crippen LogP contribution in [-0.4, -0.2) is 33.1 Å². The van der Waals surface area contributed by atoms with Gasteiger partial charge in [0.05, 0.1) is 23.2 Å². The average molecular weight is 517 g/mol. The van der Waals surface area contributed by atoms with Crippen LogP contribution in [0.1, 0.15) is 59.6 Å². The lowest BCUT2D eigenvalue weighted by atomic mass is 9.92. The third kappa shape index (κ3) is 4.77. The Morgan fingerprint density at radius 2 is 1.92 bits per heavy atom. The summed E-state index contributed by atoms with van der Waals surface area (Å²) in [7, 11) is 0. The second-order valence-corrected chi connectivity index (χ2v) is 9.54. The Bertz CT molecular complexity index is 1390. The molecule has 3 aromatic rings. The van der Waals surface area contributed by atoms with Gasteiger partial charge in [-0.2, -0.15) is 5.10 Å². The number of carboxylic acids is 1. The smallest absolute Gasteiger partial charge is 0.478 e. The van der Waals surface area contributed by atoms with E-state index in [-0.39, 0.29) is 16.8 Å². The van der Waals surface area contributed by atoms with E-state index >= 15 is 0 Å². The van der Waals surface area contributed by atoms with Crippen LogP contribution in [0.2, 0.25) is 0 Å². The largest absolute Gasteiger partial charge is 0.573 e. The first-order valence-corrected chi connectivity index (χ1v) is 11.8. The summed E-state index contributed by atoms with van der Waals surface area (Å²) in [5.74, 6) is -3.46. The van der Waals surface area contributed by atoms with Crippen LogP contribution in [0.15, 0.2) is 42.7 Å². The van der Waals surface area contributed by atoms with Gasteiger partial charge >= 0.3 is 12.3 Å². The van der Waals surface area contributed by atoms with Gasteiger partial charge in [-0.15, -0.1) is 13.2 Å². The lowest BCUT2D eigenvalue weighted by Crippen LogP contribution is -2.29. The van der Waals surface area contributed by atoms with E-state index in [1.54, 1.807) is 19.2 Å². The first-order valence-electron chi connectivity index (χ1n) is 11.8. The van der Waals surface area contributed by atoms with Crippen molar-refractivity contribution < 1.29 is 37.0 Å². The Morgan fingerprint density at radius 3 is 2.49 bits per heavy atom. The molecule has 194 valence electrons. The number of carboxylic acid groups (broad SMARTS) is 1. The maximum Gasteiger partial charge on any atom is 0.573 e. The van der Waals surface area contributed by atoms with E-state index < -0.39 is 35.2 Å². The molecule has 0 atom stereocenters. The molecular weight excluding hydrogens is 494 g/mol. The monoisotopic (exact) mass is 517 g/mol. The molecule has 1 amide bonds. The minimum atomic E-state index is -4.97. The van der Waals surface area contributed by atoms with Gasteiger partial charge in [0.25, 0.3) is 0 Å². The molecule has 0 unspecified atom stereocenters. The van der Waals surface area contributed by atoms with Crippen molar-refractivity contribution in [3.05, 3.63) is 65.2 Å². The zero-order valence-electron chi connectivity index (χ0n) is 19.7. The van der Waals surface area contributed by atoms with E-state index in [0.29, 0.717) is 41.6 Å². The number of nitrogens with zero attached hydrogens (tertiary/aromatic N) is 2. The molecule has 0 spiro atoms. The summed E-state index contributed by atoms with van der Waals surface area (Å²) < 4.78 is 57.6. The normalized spacial score (nSPS) is 16.7. The molecule has 2 aliphatic rings. The second kappa shape index (κ2) is 8.89. The van der Waals surface area contributed by atoms with Crippen LogP contribution in [0.3, 0.4) is 0 Å². The van der Waals surface area contributed by atoms with Crippen LogP contribution < -0.4 is 10.1 Å². The van der Waals surface area contributed by atoms with E-state index in [1.165, 1.54) is 6.07 Å². The van der Waals surface area contributed by atoms with Gasteiger partial charge < -0.3 is 15.2 Å². The number of halogens is 4. The maximum absolute atomic E-state index is 14.7. The molecule has 2 N–H and O–H groups in total. The Labute approximate surface area is 209 Å². The van der Waals surface area contributed by atoms with Crippen LogP contribution >= 0.6 is 0 Å². The van der Waals surface area contributed by atoms with E-state index in [2.05, 4.69) is 15.2 Å². The lowest BCUT2D eigenvalue weighted by Gasteiger charge is -2.25. The number of ether oxygens (including phenoxy) is 1. The fraction of sp³-hybridized carbons (Fsp3) is 0.346. The van der Waals surface area contributed by atoms with Gasteiger partial charge in [-0.05, 0) is 62.8 Å². The molecule has 37 heavy (non-hydrogen) atoms. The highest BCUT2D eigenvalue weighted by molar-refractivity contribution is 6.04. The van der Waals surface area contributed by atoms with Crippen molar-refractivity contribution in [2.24, 2.45) is 0 Å². The molecule has 1 aromatic heterocycles. The number of anilines is 1. The van der Waals surface area contributed by atoms with Gasteiger partial charge in [0, 0.05) is 34.6 Å². The number of carbonyl (C=O) groups is 2. The standard InChI is InChI=1S/C26H23F4N3O4/c1-14-9-16(10-19(23(34)35)22(14)15-12-31-33(13-15)17-3-2-4-17)32-24(36)25(7-8-25)20-6-5-18(11-21(20)27)37-26(28,29)30/h5-6,9-13,17H,2-4,7-8H2,1H3,(H,32,36)(H,34,35). The molecule has 0 saturated heterocycles. The van der Waals surface area contributed by atoms with Crippen LogP contribution in [-0.2, 0) is 10.2 Å². The van der Waals surface area contributed by atoms with Gasteiger partial charge in [0.15, 0.2) is 0 Å². The molecular formula is C26H23F4N3O4. The Balaban J connectivity index is 1.40. The van der Waals surface area contributed by atoms with E-state index in [4.69, 9.17) is 0 Å². The van der Waals surface area contributed by atoms with E-state index in [9.17, 15) is 32.3 Å². The third-order valence-corrected chi connectivity index (χ3v) is 7.04. The minimum Gasteiger partial charge on any atom is -0.478 e. The summed E-state index contributed by atoms with van der Waals surface area (Å²) in [5, 5.41) is 17.0. The Hall–Kier alpha value is -3.89. The van der Waals surface area contributed by atoms with Crippen molar-refractivity contribution >= 4 is 17.6 Å².